The van der Waals surface area contributed by atoms with Gasteiger partial charge in [-0.1, -0.05) is 20.8 Å². The Morgan fingerprint density at radius 2 is 2.07 bits per heavy atom. The van der Waals surface area contributed by atoms with E-state index in [-0.39, 0.29) is 11.2 Å². The average molecular weight is 205 g/mol. The van der Waals surface area contributed by atoms with Crippen LogP contribution in [-0.4, -0.2) is 10.8 Å². The first-order valence-electron chi connectivity index (χ1n) is 5.34. The van der Waals surface area contributed by atoms with Crippen LogP contribution in [0.4, 0.5) is 0 Å². The molecule has 1 aromatic rings. The lowest BCUT2D eigenvalue weighted by Crippen LogP contribution is -2.10. The zero-order valence-corrected chi connectivity index (χ0v) is 10.0. The summed E-state index contributed by atoms with van der Waals surface area (Å²) in [5.74, 6) is 0.227. The van der Waals surface area contributed by atoms with E-state index in [4.69, 9.17) is 0 Å². The highest BCUT2D eigenvalue weighted by Gasteiger charge is 2.15. The zero-order chi connectivity index (χ0) is 11.5. The molecule has 0 radical (unpaired) electrons. The smallest absolute Gasteiger partial charge is 0.163 e. The van der Waals surface area contributed by atoms with E-state index in [0.717, 1.165) is 17.5 Å². The van der Waals surface area contributed by atoms with Gasteiger partial charge in [0, 0.05) is 24.4 Å². The Balaban J connectivity index is 2.66. The molecule has 0 unspecified atom stereocenters. The van der Waals surface area contributed by atoms with Crippen molar-refractivity contribution in [3.63, 3.8) is 0 Å². The predicted octanol–water partition coefficient (Wildman–Crippen LogP) is 3.40. The number of hydrogen-bond acceptors (Lipinski definition) is 2. The van der Waals surface area contributed by atoms with Crippen molar-refractivity contribution in [3.05, 3.63) is 29.6 Å². The Kier molecular flexibility index (Phi) is 3.61. The molecule has 0 spiro atoms. The summed E-state index contributed by atoms with van der Waals surface area (Å²) in [5, 5.41) is 0. The third kappa shape index (κ3) is 3.82. The van der Waals surface area contributed by atoms with Crippen LogP contribution < -0.4 is 0 Å². The molecule has 1 heterocycles. The summed E-state index contributed by atoms with van der Waals surface area (Å²) in [6.45, 7) is 8.39. The van der Waals surface area contributed by atoms with Gasteiger partial charge in [-0.05, 0) is 30.4 Å². The second-order valence-electron chi connectivity index (χ2n) is 5.17. The molecule has 0 aliphatic rings. The fourth-order valence-electron chi connectivity index (χ4n) is 1.41. The average Bonchev–Trinajstić information content (AvgIpc) is 2.14. The minimum Gasteiger partial charge on any atom is -0.294 e. The Morgan fingerprint density at radius 1 is 1.40 bits per heavy atom. The van der Waals surface area contributed by atoms with E-state index >= 15 is 0 Å². The summed E-state index contributed by atoms with van der Waals surface area (Å²) in [6, 6.07) is 1.81. The number of carbonyl (C=O) groups is 1. The van der Waals surface area contributed by atoms with Crippen molar-refractivity contribution in [2.45, 2.75) is 40.5 Å². The Morgan fingerprint density at radius 3 is 2.60 bits per heavy atom. The number of aromatic nitrogens is 1. The maximum atomic E-state index is 11.9. The van der Waals surface area contributed by atoms with Gasteiger partial charge in [0.25, 0.3) is 0 Å². The van der Waals surface area contributed by atoms with E-state index in [1.165, 1.54) is 0 Å². The number of nitrogens with zero attached hydrogens (tertiary/aromatic N) is 1. The predicted molar refractivity (Wildman–Crippen MR) is 62.0 cm³/mol. The molecule has 0 saturated heterocycles. The minimum atomic E-state index is 0.219. The molecule has 0 fully saturated rings. The van der Waals surface area contributed by atoms with Crippen molar-refractivity contribution in [2.75, 3.05) is 0 Å². The van der Waals surface area contributed by atoms with Gasteiger partial charge >= 0.3 is 0 Å². The topological polar surface area (TPSA) is 30.0 Å². The van der Waals surface area contributed by atoms with Gasteiger partial charge in [-0.25, -0.2) is 0 Å². The summed E-state index contributed by atoms with van der Waals surface area (Å²) >= 11 is 0. The van der Waals surface area contributed by atoms with Gasteiger partial charge in [0.15, 0.2) is 5.78 Å². The monoisotopic (exact) mass is 205 g/mol. The first-order valence-corrected chi connectivity index (χ1v) is 5.34. The fourth-order valence-corrected chi connectivity index (χ4v) is 1.41. The molecule has 0 aliphatic heterocycles. The van der Waals surface area contributed by atoms with Crippen LogP contribution in [0, 0.1) is 12.3 Å². The van der Waals surface area contributed by atoms with Gasteiger partial charge in [0.1, 0.15) is 0 Å². The number of rotatable bonds is 3. The van der Waals surface area contributed by atoms with Crippen LogP contribution in [-0.2, 0) is 0 Å². The number of pyridine rings is 1. The van der Waals surface area contributed by atoms with Gasteiger partial charge in [-0.15, -0.1) is 0 Å². The van der Waals surface area contributed by atoms with Gasteiger partial charge in [-0.3, -0.25) is 9.78 Å². The standard InChI is InChI=1S/C13H19NO/c1-10-9-14-8-6-11(10)12(15)5-7-13(2,3)4/h6,8-9H,5,7H2,1-4H3. The molecule has 0 amide bonds. The second-order valence-corrected chi connectivity index (χ2v) is 5.17. The van der Waals surface area contributed by atoms with Crippen molar-refractivity contribution in [1.82, 2.24) is 4.98 Å². The summed E-state index contributed by atoms with van der Waals surface area (Å²) < 4.78 is 0. The van der Waals surface area contributed by atoms with E-state index in [9.17, 15) is 4.79 Å². The van der Waals surface area contributed by atoms with Crippen LogP contribution in [0.5, 0.6) is 0 Å². The van der Waals surface area contributed by atoms with E-state index in [1.54, 1.807) is 18.5 Å². The summed E-state index contributed by atoms with van der Waals surface area (Å²) in [5.41, 5.74) is 2.00. The Labute approximate surface area is 91.7 Å². The molecule has 1 aromatic heterocycles. The molecular formula is C13H19NO. The van der Waals surface area contributed by atoms with Crippen LogP contribution >= 0.6 is 0 Å². The van der Waals surface area contributed by atoms with Crippen LogP contribution in [0.3, 0.4) is 0 Å². The Hall–Kier alpha value is -1.18. The summed E-state index contributed by atoms with van der Waals surface area (Å²) in [7, 11) is 0. The lowest BCUT2D eigenvalue weighted by Gasteiger charge is -2.17. The molecule has 0 N–H and O–H groups in total. The maximum Gasteiger partial charge on any atom is 0.163 e. The van der Waals surface area contributed by atoms with Crippen LogP contribution in [0.2, 0.25) is 0 Å². The molecule has 82 valence electrons. The minimum absolute atomic E-state index is 0.219. The number of aryl methyl sites for hydroxylation is 1. The van der Waals surface area contributed by atoms with Crippen molar-refractivity contribution in [1.29, 1.82) is 0 Å². The molecule has 0 saturated carbocycles. The van der Waals surface area contributed by atoms with Gasteiger partial charge in [0.2, 0.25) is 0 Å². The molecule has 2 heteroatoms. The van der Waals surface area contributed by atoms with E-state index in [1.807, 2.05) is 6.92 Å². The maximum absolute atomic E-state index is 11.9. The molecule has 15 heavy (non-hydrogen) atoms. The SMILES string of the molecule is Cc1cnccc1C(=O)CCC(C)(C)C. The highest BCUT2D eigenvalue weighted by molar-refractivity contribution is 5.97. The lowest BCUT2D eigenvalue weighted by atomic mass is 9.88. The lowest BCUT2D eigenvalue weighted by molar-refractivity contribution is 0.0965. The van der Waals surface area contributed by atoms with E-state index < -0.39 is 0 Å². The van der Waals surface area contributed by atoms with Crippen molar-refractivity contribution < 1.29 is 4.79 Å². The molecule has 2 nitrogen and oxygen atoms in total. The number of carbonyl (C=O) groups excluding carboxylic acids is 1. The zero-order valence-electron chi connectivity index (χ0n) is 10.0. The first kappa shape index (κ1) is 11.9. The van der Waals surface area contributed by atoms with Gasteiger partial charge in [-0.2, -0.15) is 0 Å². The normalized spacial score (nSPS) is 11.5. The second kappa shape index (κ2) is 4.56. The van der Waals surface area contributed by atoms with Crippen LogP contribution in [0.25, 0.3) is 0 Å². The van der Waals surface area contributed by atoms with E-state index in [2.05, 4.69) is 25.8 Å². The first-order chi connectivity index (χ1) is 6.90. The molecule has 0 aliphatic carbocycles. The highest BCUT2D eigenvalue weighted by atomic mass is 16.1. The molecule has 0 bridgehead atoms. The van der Waals surface area contributed by atoms with Gasteiger partial charge < -0.3 is 0 Å². The largest absolute Gasteiger partial charge is 0.294 e. The molecule has 0 atom stereocenters. The summed E-state index contributed by atoms with van der Waals surface area (Å²) in [6.07, 6.45) is 4.96. The third-order valence-electron chi connectivity index (χ3n) is 2.42. The molecule has 0 aromatic carbocycles. The Bertz CT molecular complexity index is 350. The van der Waals surface area contributed by atoms with Crippen LogP contribution in [0.1, 0.15) is 49.5 Å². The number of hydrogen-bond donors (Lipinski definition) is 0. The van der Waals surface area contributed by atoms with Gasteiger partial charge in [0.05, 0.1) is 0 Å². The molecular weight excluding hydrogens is 186 g/mol. The molecule has 1 rings (SSSR count). The van der Waals surface area contributed by atoms with E-state index in [0.29, 0.717) is 6.42 Å². The van der Waals surface area contributed by atoms with Crippen molar-refractivity contribution in [2.24, 2.45) is 5.41 Å². The quantitative estimate of drug-likeness (QED) is 0.708. The highest BCUT2D eigenvalue weighted by Crippen LogP contribution is 2.22. The fraction of sp³-hybridized carbons (Fsp3) is 0.538. The summed E-state index contributed by atoms with van der Waals surface area (Å²) in [4.78, 5) is 15.9. The number of Topliss-reactive ketones (excluding diaryl/α,β-unsaturated/α-hetero) is 1. The van der Waals surface area contributed by atoms with Crippen LogP contribution in [0.15, 0.2) is 18.5 Å². The van der Waals surface area contributed by atoms with Crippen molar-refractivity contribution >= 4 is 5.78 Å². The third-order valence-corrected chi connectivity index (χ3v) is 2.42. The number of ketones is 1. The van der Waals surface area contributed by atoms with Crippen molar-refractivity contribution in [3.8, 4) is 0 Å².